The molecular formula is C20H15ClF2N6O3S2. The number of aromatic nitrogens is 4. The monoisotopic (exact) mass is 524 g/mol. The maximum Gasteiger partial charge on any atom is 0.266 e. The van der Waals surface area contributed by atoms with Gasteiger partial charge in [0.15, 0.2) is 0 Å². The molecule has 2 aromatic heterocycles. The third-order valence-corrected chi connectivity index (χ3v) is 7.43. The number of hydrogen-bond acceptors (Lipinski definition) is 8. The minimum atomic E-state index is -4.31. The summed E-state index contributed by atoms with van der Waals surface area (Å²) in [5, 5.41) is 7.29. The molecule has 1 aliphatic rings. The summed E-state index contributed by atoms with van der Waals surface area (Å²) in [6.45, 7) is 1.44. The average molecular weight is 525 g/mol. The number of nitrogens with zero attached hydrogens (tertiary/aromatic N) is 4. The lowest BCUT2D eigenvalue weighted by atomic mass is 10.1. The third-order valence-electron chi connectivity index (χ3n) is 5.07. The van der Waals surface area contributed by atoms with E-state index in [4.69, 9.17) is 16.3 Å². The normalized spacial score (nSPS) is 14.1. The third kappa shape index (κ3) is 4.34. The molecule has 0 aliphatic carbocycles. The van der Waals surface area contributed by atoms with Crippen molar-refractivity contribution in [2.24, 2.45) is 0 Å². The van der Waals surface area contributed by atoms with E-state index in [9.17, 15) is 17.2 Å². The van der Waals surface area contributed by atoms with Crippen LogP contribution in [0.1, 0.15) is 6.04 Å². The highest BCUT2D eigenvalue weighted by Crippen LogP contribution is 2.39. The van der Waals surface area contributed by atoms with Gasteiger partial charge >= 0.3 is 0 Å². The highest BCUT2D eigenvalue weighted by atomic mass is 35.5. The smallest absolute Gasteiger partial charge is 0.266 e. The van der Waals surface area contributed by atoms with Crippen LogP contribution in [0.2, 0.25) is 5.02 Å². The highest BCUT2D eigenvalue weighted by molar-refractivity contribution is 7.93. The number of benzene rings is 2. The topological polar surface area (TPSA) is 111 Å². The first kappa shape index (κ1) is 22.7. The summed E-state index contributed by atoms with van der Waals surface area (Å²) in [6, 6.07) is 7.48. The fourth-order valence-electron chi connectivity index (χ4n) is 3.36. The highest BCUT2D eigenvalue weighted by Gasteiger charge is 2.26. The molecule has 0 atom stereocenters. The maximum absolute atomic E-state index is 14.8. The van der Waals surface area contributed by atoms with Gasteiger partial charge in [0.05, 0.1) is 16.8 Å². The van der Waals surface area contributed by atoms with Crippen molar-refractivity contribution in [2.75, 3.05) is 17.8 Å². The Bertz CT molecular complexity index is 1460. The summed E-state index contributed by atoms with van der Waals surface area (Å²) in [4.78, 5) is 3.03. The van der Waals surface area contributed by atoms with E-state index in [0.717, 1.165) is 43.1 Å². The molecule has 2 N–H and O–H groups in total. The van der Waals surface area contributed by atoms with Gasteiger partial charge in [-0.1, -0.05) is 11.6 Å². The van der Waals surface area contributed by atoms with Crippen molar-refractivity contribution < 1.29 is 21.9 Å². The van der Waals surface area contributed by atoms with Crippen molar-refractivity contribution in [3.8, 4) is 22.8 Å². The first-order chi connectivity index (χ1) is 16.3. The molecule has 5 rings (SSSR count). The van der Waals surface area contributed by atoms with Crippen molar-refractivity contribution in [3.63, 3.8) is 0 Å². The van der Waals surface area contributed by atoms with Crippen molar-refractivity contribution in [1.82, 2.24) is 24.5 Å². The predicted octanol–water partition coefficient (Wildman–Crippen LogP) is 4.07. The Morgan fingerprint density at radius 1 is 1.18 bits per heavy atom. The van der Waals surface area contributed by atoms with E-state index >= 15 is 0 Å². The van der Waals surface area contributed by atoms with Crippen LogP contribution in [0.15, 0.2) is 53.8 Å². The van der Waals surface area contributed by atoms with Gasteiger partial charge in [0.1, 0.15) is 34.4 Å². The van der Waals surface area contributed by atoms with E-state index < -0.39 is 26.6 Å². The minimum absolute atomic E-state index is 0.0231. The zero-order chi connectivity index (χ0) is 23.9. The maximum atomic E-state index is 14.8. The van der Waals surface area contributed by atoms with Gasteiger partial charge in [0.2, 0.25) is 5.13 Å². The summed E-state index contributed by atoms with van der Waals surface area (Å²) in [7, 11) is -4.31. The molecule has 0 amide bonds. The standard InChI is InChI=1S/C20H15ClF2N6O3S2/c21-14-6-19(34(30,31)28-20-25-10-27-33-20)15(23)7-18(14)32-17-2-1-11(22)5-13(17)16-3-4-26-29(16)12-8-24-9-12/h1-7,10,12,24H,8-9H2,(H,25,27,28). The van der Waals surface area contributed by atoms with E-state index in [2.05, 4.69) is 24.5 Å². The summed E-state index contributed by atoms with van der Waals surface area (Å²) in [6.07, 6.45) is 2.76. The Labute approximate surface area is 201 Å². The Morgan fingerprint density at radius 2 is 2.00 bits per heavy atom. The SMILES string of the molecule is O=S(=O)(Nc1ncns1)c1cc(Cl)c(Oc2ccc(F)cc2-c2ccnn2C2CNC2)cc1F. The van der Waals surface area contributed by atoms with Gasteiger partial charge in [-0.15, -0.1) is 0 Å². The molecule has 34 heavy (non-hydrogen) atoms. The molecule has 9 nitrogen and oxygen atoms in total. The number of sulfonamides is 1. The number of hydrogen-bond donors (Lipinski definition) is 2. The van der Waals surface area contributed by atoms with Gasteiger partial charge in [-0.3, -0.25) is 9.40 Å². The van der Waals surface area contributed by atoms with Crippen LogP contribution in [0.25, 0.3) is 11.3 Å². The van der Waals surface area contributed by atoms with Crippen LogP contribution in [-0.4, -0.2) is 40.6 Å². The Hall–Kier alpha value is -3.13. The van der Waals surface area contributed by atoms with Crippen LogP contribution in [0.4, 0.5) is 13.9 Å². The number of ether oxygens (including phenoxy) is 1. The second-order valence-corrected chi connectivity index (χ2v) is 10.1. The van der Waals surface area contributed by atoms with Crippen LogP contribution in [0.5, 0.6) is 11.5 Å². The number of rotatable bonds is 7. The van der Waals surface area contributed by atoms with E-state index in [1.807, 2.05) is 0 Å². The van der Waals surface area contributed by atoms with Crippen molar-refractivity contribution in [1.29, 1.82) is 0 Å². The minimum Gasteiger partial charge on any atom is -0.455 e. The quantitative estimate of drug-likeness (QED) is 0.375. The molecule has 4 aromatic rings. The second-order valence-electron chi connectivity index (χ2n) is 7.28. The van der Waals surface area contributed by atoms with Gasteiger partial charge in [-0.05, 0) is 30.3 Å². The molecule has 1 saturated heterocycles. The number of anilines is 1. The average Bonchev–Trinajstić information content (AvgIpc) is 3.42. The van der Waals surface area contributed by atoms with Crippen molar-refractivity contribution >= 4 is 38.3 Å². The Morgan fingerprint density at radius 3 is 2.71 bits per heavy atom. The molecule has 14 heteroatoms. The number of nitrogens with one attached hydrogen (secondary N) is 2. The summed E-state index contributed by atoms with van der Waals surface area (Å²) < 4.78 is 67.5. The molecule has 0 unspecified atom stereocenters. The summed E-state index contributed by atoms with van der Waals surface area (Å²) in [5.74, 6) is -1.54. The number of halogens is 3. The molecular weight excluding hydrogens is 510 g/mol. The van der Waals surface area contributed by atoms with Crippen LogP contribution in [0.3, 0.4) is 0 Å². The zero-order valence-corrected chi connectivity index (χ0v) is 19.5. The Kier molecular flexibility index (Phi) is 5.93. The molecule has 0 bridgehead atoms. The zero-order valence-electron chi connectivity index (χ0n) is 17.1. The molecule has 2 aromatic carbocycles. The second kappa shape index (κ2) is 8.91. The van der Waals surface area contributed by atoms with Crippen molar-refractivity contribution in [2.45, 2.75) is 10.9 Å². The fraction of sp³-hybridized carbons (Fsp3) is 0.150. The fourth-order valence-corrected chi connectivity index (χ4v) is 5.37. The van der Waals surface area contributed by atoms with E-state index in [0.29, 0.717) is 11.3 Å². The molecule has 0 radical (unpaired) electrons. The molecule has 0 spiro atoms. The van der Waals surface area contributed by atoms with Crippen LogP contribution in [0, 0.1) is 11.6 Å². The van der Waals surface area contributed by atoms with E-state index in [1.54, 1.807) is 16.9 Å². The van der Waals surface area contributed by atoms with Gasteiger partial charge in [-0.25, -0.2) is 22.2 Å². The summed E-state index contributed by atoms with van der Waals surface area (Å²) in [5.41, 5.74) is 0.994. The van der Waals surface area contributed by atoms with Crippen LogP contribution in [-0.2, 0) is 10.0 Å². The van der Waals surface area contributed by atoms with Crippen molar-refractivity contribution in [3.05, 3.63) is 65.6 Å². The molecule has 0 saturated carbocycles. The van der Waals surface area contributed by atoms with E-state index in [-0.39, 0.29) is 27.7 Å². The first-order valence-electron chi connectivity index (χ1n) is 9.82. The molecule has 1 fully saturated rings. The lowest BCUT2D eigenvalue weighted by Crippen LogP contribution is -2.44. The lowest BCUT2D eigenvalue weighted by Gasteiger charge is -2.29. The lowest BCUT2D eigenvalue weighted by molar-refractivity contribution is 0.321. The molecule has 3 heterocycles. The largest absolute Gasteiger partial charge is 0.455 e. The van der Waals surface area contributed by atoms with Gasteiger partial charge < -0.3 is 10.1 Å². The van der Waals surface area contributed by atoms with Crippen LogP contribution >= 0.6 is 23.1 Å². The first-order valence-corrected chi connectivity index (χ1v) is 12.5. The van der Waals surface area contributed by atoms with Gasteiger partial charge in [0, 0.05) is 42.4 Å². The molecule has 176 valence electrons. The van der Waals surface area contributed by atoms with Gasteiger partial charge in [0.25, 0.3) is 10.0 Å². The van der Waals surface area contributed by atoms with Crippen LogP contribution < -0.4 is 14.8 Å². The summed E-state index contributed by atoms with van der Waals surface area (Å²) >= 11 is 7.05. The Balaban J connectivity index is 1.49. The van der Waals surface area contributed by atoms with Gasteiger partial charge in [-0.2, -0.15) is 9.47 Å². The predicted molar refractivity (Wildman–Crippen MR) is 122 cm³/mol. The molecule has 1 aliphatic heterocycles. The van der Waals surface area contributed by atoms with E-state index in [1.165, 1.54) is 18.2 Å².